The van der Waals surface area contributed by atoms with Crippen LogP contribution in [0.1, 0.15) is 5.56 Å². The molecule has 0 saturated heterocycles. The maximum Gasteiger partial charge on any atom is 0.250 e. The molecule has 1 aromatic carbocycles. The van der Waals surface area contributed by atoms with E-state index in [1.54, 1.807) is 25.6 Å². The molecule has 0 unspecified atom stereocenters. The molecular weight excluding hydrogens is 336 g/mol. The minimum atomic E-state index is -3.63. The quantitative estimate of drug-likeness (QED) is 0.821. The number of ether oxygens (including phenoxy) is 1. The number of amides is 1. The van der Waals surface area contributed by atoms with Gasteiger partial charge in [0.25, 0.3) is 10.0 Å². The van der Waals surface area contributed by atoms with Crippen LogP contribution in [-0.4, -0.2) is 39.9 Å². The summed E-state index contributed by atoms with van der Waals surface area (Å²) in [4.78, 5) is 13.6. The van der Waals surface area contributed by atoms with Crippen molar-refractivity contribution in [3.8, 4) is 5.75 Å². The first-order valence-corrected chi connectivity index (χ1v) is 9.19. The Hall–Kier alpha value is -1.90. The zero-order valence-corrected chi connectivity index (χ0v) is 14.5. The Kier molecular flexibility index (Phi) is 5.75. The topological polar surface area (TPSA) is 75.7 Å². The van der Waals surface area contributed by atoms with E-state index in [0.29, 0.717) is 12.3 Å². The number of para-hydroxylation sites is 1. The lowest BCUT2D eigenvalue weighted by molar-refractivity contribution is -0.129. The number of nitrogens with one attached hydrogen (secondary N) is 1. The number of likely N-dealkylation sites (N-methyl/N-ethyl adjacent to an activating group) is 1. The van der Waals surface area contributed by atoms with Crippen LogP contribution in [0.5, 0.6) is 5.75 Å². The standard InChI is InChI=1S/C15H18N2O4S2/c1-17(11-12-6-3-4-7-13(12)21-2)14(18)10-16-23(19,20)15-8-5-9-22-15/h3-9,16H,10-11H2,1-2H3. The van der Waals surface area contributed by atoms with Gasteiger partial charge in [-0.3, -0.25) is 4.79 Å². The maximum absolute atomic E-state index is 12.1. The summed E-state index contributed by atoms with van der Waals surface area (Å²) in [5, 5.41) is 1.67. The molecular formula is C15H18N2O4S2. The molecule has 1 N–H and O–H groups in total. The fourth-order valence-electron chi connectivity index (χ4n) is 1.96. The van der Waals surface area contributed by atoms with Gasteiger partial charge >= 0.3 is 0 Å². The molecule has 2 rings (SSSR count). The lowest BCUT2D eigenvalue weighted by Gasteiger charge is -2.19. The maximum atomic E-state index is 12.1. The van der Waals surface area contributed by atoms with E-state index in [1.807, 2.05) is 24.3 Å². The molecule has 0 radical (unpaired) electrons. The van der Waals surface area contributed by atoms with Crippen LogP contribution in [0.3, 0.4) is 0 Å². The van der Waals surface area contributed by atoms with E-state index >= 15 is 0 Å². The van der Waals surface area contributed by atoms with E-state index in [0.717, 1.165) is 16.9 Å². The van der Waals surface area contributed by atoms with Crippen molar-refractivity contribution in [1.29, 1.82) is 0 Å². The van der Waals surface area contributed by atoms with E-state index in [1.165, 1.54) is 11.0 Å². The van der Waals surface area contributed by atoms with Gasteiger partial charge in [-0.2, -0.15) is 0 Å². The van der Waals surface area contributed by atoms with Gasteiger partial charge in [0, 0.05) is 19.2 Å². The molecule has 0 spiro atoms. The van der Waals surface area contributed by atoms with E-state index < -0.39 is 10.0 Å². The Balaban J connectivity index is 1.95. The largest absolute Gasteiger partial charge is 0.496 e. The molecule has 1 heterocycles. The zero-order chi connectivity index (χ0) is 16.9. The molecule has 8 heteroatoms. The van der Waals surface area contributed by atoms with Crippen LogP contribution < -0.4 is 9.46 Å². The van der Waals surface area contributed by atoms with Crippen LogP contribution in [-0.2, 0) is 21.4 Å². The zero-order valence-electron chi connectivity index (χ0n) is 12.9. The molecule has 2 aromatic rings. The van der Waals surface area contributed by atoms with Crippen molar-refractivity contribution in [3.63, 3.8) is 0 Å². The highest BCUT2D eigenvalue weighted by Gasteiger charge is 2.18. The number of nitrogens with zero attached hydrogens (tertiary/aromatic N) is 1. The van der Waals surface area contributed by atoms with Crippen molar-refractivity contribution >= 4 is 27.3 Å². The summed E-state index contributed by atoms with van der Waals surface area (Å²) in [6, 6.07) is 10.5. The number of hydrogen-bond acceptors (Lipinski definition) is 5. The van der Waals surface area contributed by atoms with Crippen molar-refractivity contribution in [3.05, 3.63) is 47.3 Å². The minimum Gasteiger partial charge on any atom is -0.496 e. The summed E-state index contributed by atoms with van der Waals surface area (Å²) in [6.07, 6.45) is 0. The Morgan fingerprint density at radius 2 is 2.00 bits per heavy atom. The van der Waals surface area contributed by atoms with E-state index in [2.05, 4.69) is 4.72 Å². The second-order valence-corrected chi connectivity index (χ2v) is 7.76. The van der Waals surface area contributed by atoms with Gasteiger partial charge in [0.05, 0.1) is 13.7 Å². The summed E-state index contributed by atoms with van der Waals surface area (Å²) >= 11 is 1.11. The molecule has 23 heavy (non-hydrogen) atoms. The average molecular weight is 354 g/mol. The molecule has 1 aromatic heterocycles. The third kappa shape index (κ3) is 4.54. The van der Waals surface area contributed by atoms with Gasteiger partial charge in [0.1, 0.15) is 9.96 Å². The van der Waals surface area contributed by atoms with E-state index in [4.69, 9.17) is 4.74 Å². The van der Waals surface area contributed by atoms with Crippen LogP contribution in [0.25, 0.3) is 0 Å². The Morgan fingerprint density at radius 1 is 1.26 bits per heavy atom. The van der Waals surface area contributed by atoms with Crippen molar-refractivity contribution in [2.24, 2.45) is 0 Å². The second-order valence-electron chi connectivity index (χ2n) is 4.82. The molecule has 124 valence electrons. The van der Waals surface area contributed by atoms with Gasteiger partial charge in [0.2, 0.25) is 5.91 Å². The van der Waals surface area contributed by atoms with Crippen LogP contribution in [0.2, 0.25) is 0 Å². The van der Waals surface area contributed by atoms with Crippen LogP contribution >= 0.6 is 11.3 Å². The number of benzene rings is 1. The van der Waals surface area contributed by atoms with Gasteiger partial charge in [-0.05, 0) is 17.5 Å². The number of carbonyl (C=O) groups excluding carboxylic acids is 1. The first kappa shape index (κ1) is 17.5. The highest BCUT2D eigenvalue weighted by atomic mass is 32.2. The first-order chi connectivity index (χ1) is 10.9. The first-order valence-electron chi connectivity index (χ1n) is 6.83. The summed E-state index contributed by atoms with van der Waals surface area (Å²) < 4.78 is 31.7. The van der Waals surface area contributed by atoms with Crippen LogP contribution in [0, 0.1) is 0 Å². The van der Waals surface area contributed by atoms with E-state index in [9.17, 15) is 13.2 Å². The van der Waals surface area contributed by atoms with Crippen molar-refractivity contribution in [2.45, 2.75) is 10.8 Å². The number of methoxy groups -OCH3 is 1. The predicted octanol–water partition coefficient (Wildman–Crippen LogP) is 1.69. The van der Waals surface area contributed by atoms with Crippen molar-refractivity contribution in [2.75, 3.05) is 20.7 Å². The SMILES string of the molecule is COc1ccccc1CN(C)C(=O)CNS(=O)(=O)c1cccs1. The highest BCUT2D eigenvalue weighted by Crippen LogP contribution is 2.19. The Bertz CT molecular complexity index is 758. The van der Waals surface area contributed by atoms with Gasteiger partial charge < -0.3 is 9.64 Å². The minimum absolute atomic E-state index is 0.192. The van der Waals surface area contributed by atoms with Crippen LogP contribution in [0.15, 0.2) is 46.0 Å². The average Bonchev–Trinajstić information content (AvgIpc) is 3.08. The predicted molar refractivity (Wildman–Crippen MR) is 89.0 cm³/mol. The van der Waals surface area contributed by atoms with Gasteiger partial charge in [-0.1, -0.05) is 24.3 Å². The third-order valence-corrected chi connectivity index (χ3v) is 6.00. The summed E-state index contributed by atoms with van der Waals surface area (Å²) in [5.41, 5.74) is 0.854. The number of carbonyl (C=O) groups is 1. The summed E-state index contributed by atoms with van der Waals surface area (Å²) in [6.45, 7) is 0.0511. The number of sulfonamides is 1. The lowest BCUT2D eigenvalue weighted by Crippen LogP contribution is -2.37. The number of thiophene rings is 1. The molecule has 6 nitrogen and oxygen atoms in total. The molecule has 0 bridgehead atoms. The molecule has 0 atom stereocenters. The van der Waals surface area contributed by atoms with Crippen molar-refractivity contribution < 1.29 is 17.9 Å². The van der Waals surface area contributed by atoms with Crippen LogP contribution in [0.4, 0.5) is 0 Å². The fourth-order valence-corrected chi connectivity index (χ4v) is 3.97. The highest BCUT2D eigenvalue weighted by molar-refractivity contribution is 7.91. The number of hydrogen-bond donors (Lipinski definition) is 1. The Morgan fingerprint density at radius 3 is 2.65 bits per heavy atom. The third-order valence-electron chi connectivity index (χ3n) is 3.20. The van der Waals surface area contributed by atoms with E-state index in [-0.39, 0.29) is 16.7 Å². The molecule has 0 aliphatic heterocycles. The molecule has 0 aliphatic carbocycles. The molecule has 0 fully saturated rings. The smallest absolute Gasteiger partial charge is 0.250 e. The number of rotatable bonds is 7. The molecule has 0 saturated carbocycles. The lowest BCUT2D eigenvalue weighted by atomic mass is 10.2. The Labute approximate surface area is 139 Å². The second kappa shape index (κ2) is 7.58. The monoisotopic (exact) mass is 354 g/mol. The van der Waals surface area contributed by atoms with Crippen molar-refractivity contribution in [1.82, 2.24) is 9.62 Å². The molecule has 0 aliphatic rings. The summed E-state index contributed by atoms with van der Waals surface area (Å²) in [7, 11) is -0.450. The normalized spacial score (nSPS) is 11.2. The van der Waals surface area contributed by atoms with Gasteiger partial charge in [-0.15, -0.1) is 11.3 Å². The fraction of sp³-hybridized carbons (Fsp3) is 0.267. The molecule has 1 amide bonds. The van der Waals surface area contributed by atoms with Gasteiger partial charge in [0.15, 0.2) is 0 Å². The summed E-state index contributed by atoms with van der Waals surface area (Å²) in [5.74, 6) is 0.363. The van der Waals surface area contributed by atoms with Gasteiger partial charge in [-0.25, -0.2) is 13.1 Å².